The maximum absolute atomic E-state index is 12.8. The van der Waals surface area contributed by atoms with Gasteiger partial charge in [0.05, 0.1) is 0 Å². The Bertz CT molecular complexity index is 1090. The quantitative estimate of drug-likeness (QED) is 0.0262. The molecule has 0 fully saturated rings. The second-order valence-electron chi connectivity index (χ2n) is 17.7. The third-order valence-corrected chi connectivity index (χ3v) is 11.5. The fourth-order valence-corrected chi connectivity index (χ4v) is 7.45. The molecule has 0 aromatic carbocycles. The summed E-state index contributed by atoms with van der Waals surface area (Å²) in [5, 5.41) is 0. The van der Waals surface area contributed by atoms with E-state index in [-0.39, 0.29) is 31.1 Å². The number of esters is 3. The zero-order chi connectivity index (χ0) is 45.8. The van der Waals surface area contributed by atoms with Gasteiger partial charge in [-0.05, 0) is 103 Å². The molecule has 0 radical (unpaired) electrons. The van der Waals surface area contributed by atoms with Crippen molar-refractivity contribution in [2.24, 2.45) is 0 Å². The number of carbonyl (C=O) groups excluding carboxylic acids is 3. The molecular formula is C57H100O6. The fourth-order valence-electron chi connectivity index (χ4n) is 7.45. The van der Waals surface area contributed by atoms with Crippen LogP contribution < -0.4 is 0 Å². The Kier molecular flexibility index (Phi) is 49.4. The summed E-state index contributed by atoms with van der Waals surface area (Å²) < 4.78 is 16.8. The average molecular weight is 881 g/mol. The van der Waals surface area contributed by atoms with Gasteiger partial charge in [0.25, 0.3) is 0 Å². The Morgan fingerprint density at radius 3 is 0.984 bits per heavy atom. The van der Waals surface area contributed by atoms with Gasteiger partial charge in [-0.2, -0.15) is 0 Å². The van der Waals surface area contributed by atoms with Crippen LogP contribution in [-0.4, -0.2) is 37.2 Å². The second kappa shape index (κ2) is 51.7. The van der Waals surface area contributed by atoms with E-state index in [4.69, 9.17) is 14.2 Å². The molecule has 0 amide bonds. The highest BCUT2D eigenvalue weighted by Crippen LogP contribution is 2.14. The fraction of sp³-hybridized carbons (Fsp3) is 0.772. The number of ether oxygens (including phenoxy) is 3. The largest absolute Gasteiger partial charge is 0.462 e. The van der Waals surface area contributed by atoms with Crippen LogP contribution in [0.5, 0.6) is 0 Å². The van der Waals surface area contributed by atoms with Crippen LogP contribution in [0.3, 0.4) is 0 Å². The van der Waals surface area contributed by atoms with Crippen molar-refractivity contribution in [1.29, 1.82) is 0 Å². The van der Waals surface area contributed by atoms with E-state index in [2.05, 4.69) is 81.5 Å². The molecule has 0 heterocycles. The molecule has 6 nitrogen and oxygen atoms in total. The lowest BCUT2D eigenvalue weighted by molar-refractivity contribution is -0.167. The van der Waals surface area contributed by atoms with Crippen LogP contribution >= 0.6 is 0 Å². The molecule has 0 aromatic heterocycles. The van der Waals surface area contributed by atoms with Crippen molar-refractivity contribution in [1.82, 2.24) is 0 Å². The van der Waals surface area contributed by atoms with Crippen molar-refractivity contribution < 1.29 is 28.6 Å². The van der Waals surface area contributed by atoms with Crippen molar-refractivity contribution in [2.45, 2.75) is 271 Å². The molecule has 0 N–H and O–H groups in total. The summed E-state index contributed by atoms with van der Waals surface area (Å²) in [5.74, 6) is -0.915. The van der Waals surface area contributed by atoms with E-state index in [9.17, 15) is 14.4 Å². The Balaban J connectivity index is 4.43. The minimum Gasteiger partial charge on any atom is -0.462 e. The van der Waals surface area contributed by atoms with Gasteiger partial charge in [-0.3, -0.25) is 14.4 Å². The Morgan fingerprint density at radius 1 is 0.333 bits per heavy atom. The zero-order valence-corrected chi connectivity index (χ0v) is 41.6. The maximum atomic E-state index is 12.8. The molecule has 0 saturated heterocycles. The molecule has 0 aromatic rings. The maximum Gasteiger partial charge on any atom is 0.306 e. The molecule has 364 valence electrons. The van der Waals surface area contributed by atoms with Crippen LogP contribution in [-0.2, 0) is 28.6 Å². The summed E-state index contributed by atoms with van der Waals surface area (Å²) in [5.41, 5.74) is 0. The Labute approximate surface area is 390 Å². The number of allylic oxidation sites excluding steroid dienone is 10. The molecule has 63 heavy (non-hydrogen) atoms. The predicted octanol–water partition coefficient (Wildman–Crippen LogP) is 17.6. The molecule has 0 saturated carbocycles. The van der Waals surface area contributed by atoms with E-state index in [0.29, 0.717) is 19.3 Å². The van der Waals surface area contributed by atoms with Gasteiger partial charge in [0.2, 0.25) is 0 Å². The van der Waals surface area contributed by atoms with Gasteiger partial charge in [0.15, 0.2) is 6.10 Å². The normalized spacial score (nSPS) is 12.1. The van der Waals surface area contributed by atoms with Gasteiger partial charge in [-0.25, -0.2) is 0 Å². The summed E-state index contributed by atoms with van der Waals surface area (Å²) in [6.45, 7) is 6.50. The van der Waals surface area contributed by atoms with Crippen molar-refractivity contribution >= 4 is 17.9 Å². The highest BCUT2D eigenvalue weighted by molar-refractivity contribution is 5.71. The number of carbonyl (C=O) groups is 3. The first kappa shape index (κ1) is 60.1. The predicted molar refractivity (Wildman–Crippen MR) is 270 cm³/mol. The van der Waals surface area contributed by atoms with Gasteiger partial charge in [0.1, 0.15) is 13.2 Å². The first-order valence-corrected chi connectivity index (χ1v) is 26.8. The number of hydrogen-bond acceptors (Lipinski definition) is 6. The van der Waals surface area contributed by atoms with E-state index >= 15 is 0 Å². The lowest BCUT2D eigenvalue weighted by Crippen LogP contribution is -2.30. The van der Waals surface area contributed by atoms with Crippen LogP contribution in [0.1, 0.15) is 265 Å². The van der Waals surface area contributed by atoms with Gasteiger partial charge < -0.3 is 14.2 Å². The molecule has 0 atom stereocenters. The number of unbranched alkanes of at least 4 members (excludes halogenated alkanes) is 27. The molecule has 0 aliphatic carbocycles. The van der Waals surface area contributed by atoms with E-state index in [0.717, 1.165) is 109 Å². The minimum absolute atomic E-state index is 0.0878. The third-order valence-electron chi connectivity index (χ3n) is 11.5. The van der Waals surface area contributed by atoms with Gasteiger partial charge >= 0.3 is 17.9 Å². The lowest BCUT2D eigenvalue weighted by atomic mass is 10.1. The second-order valence-corrected chi connectivity index (χ2v) is 17.7. The van der Waals surface area contributed by atoms with Gasteiger partial charge in [0, 0.05) is 19.3 Å². The van der Waals surface area contributed by atoms with Gasteiger partial charge in [-0.15, -0.1) is 0 Å². The topological polar surface area (TPSA) is 78.9 Å². The highest BCUT2D eigenvalue weighted by atomic mass is 16.6. The van der Waals surface area contributed by atoms with Crippen molar-refractivity contribution in [3.05, 3.63) is 60.8 Å². The summed E-state index contributed by atoms with van der Waals surface area (Å²) in [7, 11) is 0. The summed E-state index contributed by atoms with van der Waals surface area (Å²) >= 11 is 0. The molecule has 0 spiro atoms. The van der Waals surface area contributed by atoms with Crippen LogP contribution in [0.2, 0.25) is 0 Å². The SMILES string of the molecule is CC/C=C\C/C=C\C/C=C\CCCCCCCC(=O)OC(COC(=O)CCCCCCC/C=C\CCCCCCCC)COC(=O)CCCCCCC/C=C\CCCCCCCC. The molecule has 0 unspecified atom stereocenters. The number of hydrogen-bond donors (Lipinski definition) is 0. The van der Waals surface area contributed by atoms with E-state index < -0.39 is 6.10 Å². The highest BCUT2D eigenvalue weighted by Gasteiger charge is 2.19. The molecule has 0 aliphatic rings. The molecule has 0 bridgehead atoms. The molecule has 0 aliphatic heterocycles. The average Bonchev–Trinajstić information content (AvgIpc) is 3.28. The Hall–Kier alpha value is -2.89. The monoisotopic (exact) mass is 881 g/mol. The molecule has 0 rings (SSSR count). The van der Waals surface area contributed by atoms with E-state index in [1.165, 1.54) is 116 Å². The Morgan fingerprint density at radius 2 is 0.619 bits per heavy atom. The molecular weight excluding hydrogens is 781 g/mol. The summed E-state index contributed by atoms with van der Waals surface area (Å²) in [4.78, 5) is 38.0. The lowest BCUT2D eigenvalue weighted by Gasteiger charge is -2.18. The standard InChI is InChI=1S/C57H100O6/c1-4-7-10-13-16-19-22-25-28-31-34-37-40-43-46-49-55(58)61-52-54(63-57(60)51-48-45-42-39-36-33-30-27-24-21-18-15-12-9-6-3)53-62-56(59)50-47-44-41-38-35-32-29-26-23-20-17-14-11-8-5-2/h9,12,18,21,25-30,54H,4-8,10-11,13-17,19-20,22-24,31-53H2,1-3H3/b12-9-,21-18-,28-25-,29-26-,30-27-. The van der Waals surface area contributed by atoms with Crippen molar-refractivity contribution in [2.75, 3.05) is 13.2 Å². The smallest absolute Gasteiger partial charge is 0.306 e. The first-order chi connectivity index (χ1) is 31.0. The van der Waals surface area contributed by atoms with Crippen LogP contribution in [0.4, 0.5) is 0 Å². The first-order valence-electron chi connectivity index (χ1n) is 26.8. The minimum atomic E-state index is -0.789. The van der Waals surface area contributed by atoms with Crippen LogP contribution in [0.15, 0.2) is 60.8 Å². The summed E-state index contributed by atoms with van der Waals surface area (Å²) in [6, 6.07) is 0. The zero-order valence-electron chi connectivity index (χ0n) is 41.6. The van der Waals surface area contributed by atoms with Crippen molar-refractivity contribution in [3.63, 3.8) is 0 Å². The third kappa shape index (κ3) is 50.0. The van der Waals surface area contributed by atoms with Crippen molar-refractivity contribution in [3.8, 4) is 0 Å². The van der Waals surface area contributed by atoms with Crippen LogP contribution in [0.25, 0.3) is 0 Å². The molecule has 6 heteroatoms. The van der Waals surface area contributed by atoms with E-state index in [1.54, 1.807) is 0 Å². The van der Waals surface area contributed by atoms with Crippen LogP contribution in [0, 0.1) is 0 Å². The van der Waals surface area contributed by atoms with Gasteiger partial charge in [-0.1, -0.05) is 204 Å². The number of rotatable bonds is 48. The van der Waals surface area contributed by atoms with E-state index in [1.807, 2.05) is 0 Å². The summed E-state index contributed by atoms with van der Waals surface area (Å²) in [6.07, 6.45) is 63.4.